The summed E-state index contributed by atoms with van der Waals surface area (Å²) < 4.78 is 0. The Hall–Kier alpha value is -0.530. The van der Waals surface area contributed by atoms with E-state index >= 15 is 0 Å². The molecule has 1 N–H and O–H groups in total. The number of hydrogen-bond donors (Lipinski definition) is 1. The van der Waals surface area contributed by atoms with Gasteiger partial charge in [-0.3, -0.25) is 0 Å². The quantitative estimate of drug-likeness (QED) is 0.722. The van der Waals surface area contributed by atoms with Crippen molar-refractivity contribution < 1.29 is 0 Å². The van der Waals surface area contributed by atoms with Gasteiger partial charge in [0, 0.05) is 11.1 Å². The van der Waals surface area contributed by atoms with Gasteiger partial charge in [0.1, 0.15) is 0 Å². The van der Waals surface area contributed by atoms with E-state index < -0.39 is 0 Å². The summed E-state index contributed by atoms with van der Waals surface area (Å²) in [6.45, 7) is 4.29. The van der Waals surface area contributed by atoms with Gasteiger partial charge in [0.05, 0.1) is 0 Å². The van der Waals surface area contributed by atoms with E-state index in [1.54, 1.807) is 0 Å². The van der Waals surface area contributed by atoms with Gasteiger partial charge in [-0.1, -0.05) is 56.0 Å². The molecule has 0 bridgehead atoms. The molecule has 0 radical (unpaired) electrons. The molecule has 1 nitrogen and oxygen atoms in total. The smallest absolute Gasteiger partial charge is 0.0482 e. The van der Waals surface area contributed by atoms with E-state index in [1.165, 1.54) is 24.8 Å². The third-order valence-electron chi connectivity index (χ3n) is 3.04. The fourth-order valence-corrected chi connectivity index (χ4v) is 2.25. The molecule has 0 aliphatic carbocycles. The van der Waals surface area contributed by atoms with Gasteiger partial charge in [-0.25, -0.2) is 0 Å². The molecule has 1 rings (SSSR count). The molecule has 0 fully saturated rings. The zero-order valence-corrected chi connectivity index (χ0v) is 11.3. The molecule has 0 saturated carbocycles. The zero-order chi connectivity index (χ0) is 12.0. The lowest BCUT2D eigenvalue weighted by molar-refractivity contribution is 0.512. The Morgan fingerprint density at radius 2 is 2.06 bits per heavy atom. The van der Waals surface area contributed by atoms with Gasteiger partial charge in [-0.05, 0) is 31.5 Å². The Morgan fingerprint density at radius 1 is 1.31 bits per heavy atom. The minimum absolute atomic E-state index is 0.388. The largest absolute Gasteiger partial charge is 0.313 e. The molecule has 0 aliphatic rings. The summed E-state index contributed by atoms with van der Waals surface area (Å²) in [5, 5.41) is 4.28. The molecule has 1 aromatic carbocycles. The third-order valence-corrected chi connectivity index (χ3v) is 3.56. The first-order valence-electron chi connectivity index (χ1n) is 6.13. The molecular weight excluding hydrogens is 218 g/mol. The van der Waals surface area contributed by atoms with E-state index in [4.69, 9.17) is 11.6 Å². The standard InChI is InChI=1S/C14H22ClN/c1-4-5-6-10-13(16-3)12-9-7-8-11(2)14(12)15/h7-9,13,16H,4-6,10H2,1-3H3. The number of halogens is 1. The first-order valence-corrected chi connectivity index (χ1v) is 6.50. The second-order valence-electron chi connectivity index (χ2n) is 4.32. The normalized spacial score (nSPS) is 12.8. The second kappa shape index (κ2) is 6.93. The maximum atomic E-state index is 6.34. The van der Waals surface area contributed by atoms with Crippen molar-refractivity contribution in [3.63, 3.8) is 0 Å². The van der Waals surface area contributed by atoms with Gasteiger partial charge in [-0.2, -0.15) is 0 Å². The van der Waals surface area contributed by atoms with Gasteiger partial charge < -0.3 is 5.32 Å². The summed E-state index contributed by atoms with van der Waals surface area (Å²) in [6.07, 6.45) is 4.97. The van der Waals surface area contributed by atoms with Crippen molar-refractivity contribution in [2.45, 2.75) is 45.6 Å². The summed E-state index contributed by atoms with van der Waals surface area (Å²) in [4.78, 5) is 0. The minimum atomic E-state index is 0.388. The van der Waals surface area contributed by atoms with Crippen LogP contribution in [0.3, 0.4) is 0 Å². The Morgan fingerprint density at radius 3 is 2.69 bits per heavy atom. The highest BCUT2D eigenvalue weighted by Gasteiger charge is 2.13. The number of unbranched alkanes of at least 4 members (excludes halogenated alkanes) is 2. The van der Waals surface area contributed by atoms with Crippen LogP contribution in [0.2, 0.25) is 5.02 Å². The van der Waals surface area contributed by atoms with Crippen LogP contribution < -0.4 is 5.32 Å². The number of rotatable bonds is 6. The predicted octanol–water partition coefficient (Wildman–Crippen LogP) is 4.49. The molecule has 1 unspecified atom stereocenters. The predicted molar refractivity (Wildman–Crippen MR) is 72.1 cm³/mol. The van der Waals surface area contributed by atoms with Crippen LogP contribution >= 0.6 is 11.6 Å². The van der Waals surface area contributed by atoms with Crippen molar-refractivity contribution in [1.29, 1.82) is 0 Å². The average molecular weight is 240 g/mol. The lowest BCUT2D eigenvalue weighted by atomic mass is 9.99. The summed E-state index contributed by atoms with van der Waals surface area (Å²) in [6, 6.07) is 6.66. The van der Waals surface area contributed by atoms with Crippen LogP contribution in [0.1, 0.15) is 49.8 Å². The van der Waals surface area contributed by atoms with E-state index in [1.807, 2.05) is 7.05 Å². The van der Waals surface area contributed by atoms with E-state index in [0.29, 0.717) is 6.04 Å². The van der Waals surface area contributed by atoms with Crippen LogP contribution in [0.25, 0.3) is 0 Å². The maximum Gasteiger partial charge on any atom is 0.0482 e. The number of nitrogens with one attached hydrogen (secondary N) is 1. The van der Waals surface area contributed by atoms with Crippen LogP contribution in [0, 0.1) is 6.92 Å². The van der Waals surface area contributed by atoms with E-state index in [0.717, 1.165) is 17.0 Å². The van der Waals surface area contributed by atoms with Crippen molar-refractivity contribution >= 4 is 11.6 Å². The fraction of sp³-hybridized carbons (Fsp3) is 0.571. The van der Waals surface area contributed by atoms with Crippen molar-refractivity contribution in [1.82, 2.24) is 5.32 Å². The lowest BCUT2D eigenvalue weighted by Gasteiger charge is -2.18. The molecule has 0 aliphatic heterocycles. The Labute approximate surface area is 104 Å². The SMILES string of the molecule is CCCCCC(NC)c1cccc(C)c1Cl. The highest BCUT2D eigenvalue weighted by molar-refractivity contribution is 6.32. The first-order chi connectivity index (χ1) is 7.70. The van der Waals surface area contributed by atoms with Gasteiger partial charge >= 0.3 is 0 Å². The number of benzene rings is 1. The van der Waals surface area contributed by atoms with Crippen LogP contribution in [0.4, 0.5) is 0 Å². The molecule has 1 aromatic rings. The van der Waals surface area contributed by atoms with Crippen LogP contribution in [0.15, 0.2) is 18.2 Å². The second-order valence-corrected chi connectivity index (χ2v) is 4.69. The van der Waals surface area contributed by atoms with Gasteiger partial charge in [0.25, 0.3) is 0 Å². The monoisotopic (exact) mass is 239 g/mol. The molecular formula is C14H22ClN. The topological polar surface area (TPSA) is 12.0 Å². The summed E-state index contributed by atoms with van der Waals surface area (Å²) in [5.74, 6) is 0. The number of aryl methyl sites for hydroxylation is 1. The Balaban J connectivity index is 2.74. The fourth-order valence-electron chi connectivity index (χ4n) is 1.99. The van der Waals surface area contributed by atoms with Gasteiger partial charge in [-0.15, -0.1) is 0 Å². The van der Waals surface area contributed by atoms with Crippen molar-refractivity contribution in [2.24, 2.45) is 0 Å². The lowest BCUT2D eigenvalue weighted by Crippen LogP contribution is -2.16. The highest BCUT2D eigenvalue weighted by Crippen LogP contribution is 2.28. The van der Waals surface area contributed by atoms with Crippen LogP contribution in [-0.2, 0) is 0 Å². The third kappa shape index (κ3) is 3.50. The van der Waals surface area contributed by atoms with E-state index in [-0.39, 0.29) is 0 Å². The Kier molecular flexibility index (Phi) is 5.86. The molecule has 0 amide bonds. The molecule has 0 aromatic heterocycles. The van der Waals surface area contributed by atoms with Crippen LogP contribution in [-0.4, -0.2) is 7.05 Å². The van der Waals surface area contributed by atoms with Crippen molar-refractivity contribution in [3.8, 4) is 0 Å². The highest BCUT2D eigenvalue weighted by atomic mass is 35.5. The molecule has 0 saturated heterocycles. The maximum absolute atomic E-state index is 6.34. The van der Waals surface area contributed by atoms with Crippen molar-refractivity contribution in [3.05, 3.63) is 34.3 Å². The summed E-state index contributed by atoms with van der Waals surface area (Å²) >= 11 is 6.34. The van der Waals surface area contributed by atoms with Crippen molar-refractivity contribution in [2.75, 3.05) is 7.05 Å². The first kappa shape index (κ1) is 13.5. The average Bonchev–Trinajstić information content (AvgIpc) is 2.29. The minimum Gasteiger partial charge on any atom is -0.313 e. The molecule has 16 heavy (non-hydrogen) atoms. The molecule has 0 spiro atoms. The van der Waals surface area contributed by atoms with E-state index in [2.05, 4.69) is 37.4 Å². The Bertz CT molecular complexity index is 323. The molecule has 2 heteroatoms. The van der Waals surface area contributed by atoms with Crippen LogP contribution in [0.5, 0.6) is 0 Å². The molecule has 90 valence electrons. The van der Waals surface area contributed by atoms with Gasteiger partial charge in [0.2, 0.25) is 0 Å². The number of hydrogen-bond acceptors (Lipinski definition) is 1. The van der Waals surface area contributed by atoms with E-state index in [9.17, 15) is 0 Å². The molecule has 0 heterocycles. The zero-order valence-electron chi connectivity index (χ0n) is 10.5. The summed E-state index contributed by atoms with van der Waals surface area (Å²) in [7, 11) is 2.01. The summed E-state index contributed by atoms with van der Waals surface area (Å²) in [5.41, 5.74) is 2.40. The van der Waals surface area contributed by atoms with Gasteiger partial charge in [0.15, 0.2) is 0 Å². The molecule has 1 atom stereocenters.